The van der Waals surface area contributed by atoms with E-state index in [9.17, 15) is 4.79 Å². The summed E-state index contributed by atoms with van der Waals surface area (Å²) in [4.78, 5) is 16.0. The van der Waals surface area contributed by atoms with Crippen LogP contribution in [0.15, 0.2) is 18.2 Å². The van der Waals surface area contributed by atoms with Gasteiger partial charge in [0.25, 0.3) is 5.91 Å². The molecule has 0 saturated heterocycles. The van der Waals surface area contributed by atoms with Gasteiger partial charge in [-0.15, -0.1) is 0 Å². The van der Waals surface area contributed by atoms with Gasteiger partial charge in [0.2, 0.25) is 0 Å². The second kappa shape index (κ2) is 5.55. The van der Waals surface area contributed by atoms with Gasteiger partial charge in [0, 0.05) is 28.3 Å². The van der Waals surface area contributed by atoms with E-state index in [-0.39, 0.29) is 5.91 Å². The Morgan fingerprint density at radius 2 is 2.00 bits per heavy atom. The third-order valence-corrected chi connectivity index (χ3v) is 5.06. The van der Waals surface area contributed by atoms with E-state index >= 15 is 0 Å². The third-order valence-electron chi connectivity index (χ3n) is 5.06. The number of carbonyl (C=O) groups excluding carboxylic acids is 1. The fourth-order valence-corrected chi connectivity index (χ4v) is 4.00. The molecule has 0 saturated carbocycles. The lowest BCUT2D eigenvalue weighted by atomic mass is 9.89. The van der Waals surface area contributed by atoms with Crippen LogP contribution in [0.2, 0.25) is 0 Å². The van der Waals surface area contributed by atoms with Crippen LogP contribution >= 0.6 is 0 Å². The Hall–Kier alpha value is -2.49. The van der Waals surface area contributed by atoms with Crippen molar-refractivity contribution < 1.29 is 4.79 Å². The van der Waals surface area contributed by atoms with Crippen LogP contribution in [0, 0.1) is 0 Å². The lowest BCUT2D eigenvalue weighted by Gasteiger charge is -2.14. The highest BCUT2D eigenvalue weighted by Crippen LogP contribution is 2.37. The van der Waals surface area contributed by atoms with Crippen molar-refractivity contribution in [2.45, 2.75) is 45.4 Å². The Balaban J connectivity index is 1.86. The Kier molecular flexibility index (Phi) is 3.48. The van der Waals surface area contributed by atoms with E-state index in [4.69, 9.17) is 5.73 Å². The van der Waals surface area contributed by atoms with Crippen molar-refractivity contribution in [2.75, 3.05) is 11.1 Å². The largest absolute Gasteiger partial charge is 0.399 e. The van der Waals surface area contributed by atoms with Gasteiger partial charge < -0.3 is 16.0 Å². The first-order chi connectivity index (χ1) is 11.5. The Morgan fingerprint density at radius 1 is 1.21 bits per heavy atom. The molecule has 2 heterocycles. The molecule has 2 aromatic rings. The second-order valence-electron chi connectivity index (χ2n) is 7.09. The lowest BCUT2D eigenvalue weighted by molar-refractivity contribution is -0.110. The molecule has 4 nitrogen and oxygen atoms in total. The van der Waals surface area contributed by atoms with Gasteiger partial charge in [0.05, 0.1) is 5.57 Å². The molecule has 2 aliphatic rings. The number of nitrogens with one attached hydrogen (secondary N) is 2. The highest BCUT2D eigenvalue weighted by molar-refractivity contribution is 6.35. The van der Waals surface area contributed by atoms with Crippen LogP contribution in [0.25, 0.3) is 11.6 Å². The van der Waals surface area contributed by atoms with Gasteiger partial charge in [-0.3, -0.25) is 4.79 Å². The standard InChI is InChI=1S/C20H23N3O/c1-11(2)19-13-5-3-4-6-16(13)22-18(19)10-15-14-9-12(21)7-8-17(14)23-20(15)24/h7-11,22H,3-6,21H2,1-2H3,(H,23,24). The maximum absolute atomic E-state index is 12.4. The van der Waals surface area contributed by atoms with Crippen molar-refractivity contribution in [3.05, 3.63) is 46.3 Å². The van der Waals surface area contributed by atoms with Gasteiger partial charge in [0.15, 0.2) is 0 Å². The van der Waals surface area contributed by atoms with E-state index in [2.05, 4.69) is 24.1 Å². The summed E-state index contributed by atoms with van der Waals surface area (Å²) in [6.07, 6.45) is 6.74. The molecule has 0 radical (unpaired) electrons. The summed E-state index contributed by atoms with van der Waals surface area (Å²) in [7, 11) is 0. The van der Waals surface area contributed by atoms with E-state index < -0.39 is 0 Å². The number of hydrogen-bond acceptors (Lipinski definition) is 2. The predicted octanol–water partition coefficient (Wildman–Crippen LogP) is 4.09. The first-order valence-electron chi connectivity index (χ1n) is 8.71. The minimum absolute atomic E-state index is 0.0575. The smallest absolute Gasteiger partial charge is 0.256 e. The van der Waals surface area contributed by atoms with Gasteiger partial charge in [-0.05, 0) is 67.0 Å². The van der Waals surface area contributed by atoms with Gasteiger partial charge in [0.1, 0.15) is 0 Å². The average Bonchev–Trinajstić information content (AvgIpc) is 3.06. The maximum Gasteiger partial charge on any atom is 0.256 e. The first-order valence-corrected chi connectivity index (χ1v) is 8.71. The highest BCUT2D eigenvalue weighted by Gasteiger charge is 2.26. The molecule has 1 aliphatic carbocycles. The summed E-state index contributed by atoms with van der Waals surface area (Å²) in [5.74, 6) is 0.373. The number of hydrogen-bond donors (Lipinski definition) is 3. The average molecular weight is 321 g/mol. The zero-order valence-electron chi connectivity index (χ0n) is 14.2. The zero-order chi connectivity index (χ0) is 16.8. The van der Waals surface area contributed by atoms with Gasteiger partial charge in [-0.1, -0.05) is 13.8 Å². The number of aryl methyl sites for hydroxylation is 1. The number of aromatic nitrogens is 1. The van der Waals surface area contributed by atoms with Crippen molar-refractivity contribution in [3.63, 3.8) is 0 Å². The molecule has 0 fully saturated rings. The van der Waals surface area contributed by atoms with Crippen LogP contribution in [0.3, 0.4) is 0 Å². The Labute approximate surface area is 142 Å². The molecule has 1 aliphatic heterocycles. The van der Waals surface area contributed by atoms with E-state index in [1.165, 1.54) is 29.7 Å². The molecule has 1 aromatic carbocycles. The molecule has 0 bridgehead atoms. The predicted molar refractivity (Wildman–Crippen MR) is 98.9 cm³/mol. The molecule has 0 atom stereocenters. The molecule has 4 heteroatoms. The van der Waals surface area contributed by atoms with E-state index in [1.54, 1.807) is 0 Å². The van der Waals surface area contributed by atoms with Crippen LogP contribution in [0.5, 0.6) is 0 Å². The summed E-state index contributed by atoms with van der Waals surface area (Å²) < 4.78 is 0. The summed E-state index contributed by atoms with van der Waals surface area (Å²) >= 11 is 0. The topological polar surface area (TPSA) is 70.9 Å². The molecule has 0 unspecified atom stereocenters. The fraction of sp³-hybridized carbons (Fsp3) is 0.350. The number of rotatable bonds is 2. The first kappa shape index (κ1) is 15.1. The number of nitrogen functional groups attached to an aromatic ring is 1. The summed E-state index contributed by atoms with van der Waals surface area (Å²) in [6.45, 7) is 4.45. The SMILES string of the molecule is CC(C)c1c(C=C2C(=O)Nc3ccc(N)cc32)[nH]c2c1CCCC2. The minimum Gasteiger partial charge on any atom is -0.399 e. The number of H-pyrrole nitrogens is 1. The Morgan fingerprint density at radius 3 is 2.79 bits per heavy atom. The van der Waals surface area contributed by atoms with Crippen molar-refractivity contribution >= 4 is 28.9 Å². The van der Waals surface area contributed by atoms with Gasteiger partial charge in [-0.2, -0.15) is 0 Å². The van der Waals surface area contributed by atoms with E-state index in [1.807, 2.05) is 24.3 Å². The van der Waals surface area contributed by atoms with Crippen LogP contribution < -0.4 is 11.1 Å². The van der Waals surface area contributed by atoms with Crippen LogP contribution in [-0.4, -0.2) is 10.9 Å². The maximum atomic E-state index is 12.4. The van der Waals surface area contributed by atoms with Crippen LogP contribution in [0.4, 0.5) is 11.4 Å². The molecule has 124 valence electrons. The number of anilines is 2. The van der Waals surface area contributed by atoms with E-state index in [0.717, 1.165) is 29.8 Å². The minimum atomic E-state index is -0.0575. The molecule has 1 aromatic heterocycles. The number of aromatic amines is 1. The van der Waals surface area contributed by atoms with Gasteiger partial charge >= 0.3 is 0 Å². The molecular weight excluding hydrogens is 298 g/mol. The lowest BCUT2D eigenvalue weighted by Crippen LogP contribution is -2.04. The molecule has 24 heavy (non-hydrogen) atoms. The van der Waals surface area contributed by atoms with Crippen molar-refractivity contribution in [1.82, 2.24) is 4.98 Å². The second-order valence-corrected chi connectivity index (χ2v) is 7.09. The number of nitrogens with two attached hydrogens (primary N) is 1. The number of fused-ring (bicyclic) bond motifs is 2. The monoisotopic (exact) mass is 321 g/mol. The molecule has 4 N–H and O–H groups in total. The van der Waals surface area contributed by atoms with Crippen molar-refractivity contribution in [2.24, 2.45) is 0 Å². The summed E-state index contributed by atoms with van der Waals surface area (Å²) in [6, 6.07) is 5.55. The highest BCUT2D eigenvalue weighted by atomic mass is 16.2. The molecule has 4 rings (SSSR count). The normalized spacial score (nSPS) is 18.0. The zero-order valence-corrected chi connectivity index (χ0v) is 14.2. The van der Waals surface area contributed by atoms with Crippen molar-refractivity contribution in [1.29, 1.82) is 0 Å². The number of benzene rings is 1. The molecule has 0 spiro atoms. The number of amides is 1. The third kappa shape index (κ3) is 2.33. The van der Waals surface area contributed by atoms with Gasteiger partial charge in [-0.25, -0.2) is 0 Å². The van der Waals surface area contributed by atoms with Crippen molar-refractivity contribution in [3.8, 4) is 0 Å². The molecular formula is C20H23N3O. The summed E-state index contributed by atoms with van der Waals surface area (Å²) in [5.41, 5.74) is 14.3. The number of carbonyl (C=O) groups is 1. The van der Waals surface area contributed by atoms with Crippen LogP contribution in [0.1, 0.15) is 60.7 Å². The molecule has 1 amide bonds. The van der Waals surface area contributed by atoms with E-state index in [0.29, 0.717) is 17.2 Å². The van der Waals surface area contributed by atoms with Crippen LogP contribution in [-0.2, 0) is 17.6 Å². The quantitative estimate of drug-likeness (QED) is 0.576. The summed E-state index contributed by atoms with van der Waals surface area (Å²) in [5, 5.41) is 2.93. The fourth-order valence-electron chi connectivity index (χ4n) is 4.00. The Bertz CT molecular complexity index is 858.